The number of nitrogens with zero attached hydrogens (tertiary/aromatic N) is 5. The number of hydrogen-bond acceptors (Lipinski definition) is 5. The molecule has 2 heterocycles. The summed E-state index contributed by atoms with van der Waals surface area (Å²) in [4.78, 5) is 4.04. The summed E-state index contributed by atoms with van der Waals surface area (Å²) in [5, 5.41) is 8.70. The van der Waals surface area contributed by atoms with E-state index in [4.69, 9.17) is 11.6 Å². The van der Waals surface area contributed by atoms with Crippen LogP contribution < -0.4 is 4.72 Å². The Hall–Kier alpha value is -2.39. The lowest BCUT2D eigenvalue weighted by Crippen LogP contribution is -2.14. The highest BCUT2D eigenvalue weighted by Crippen LogP contribution is 2.14. The summed E-state index contributed by atoms with van der Waals surface area (Å²) >= 11 is 5.94. The van der Waals surface area contributed by atoms with Crippen LogP contribution in [-0.2, 0) is 23.1 Å². The van der Waals surface area contributed by atoms with Crippen LogP contribution in [0.2, 0.25) is 5.02 Å². The molecule has 1 aromatic carbocycles. The minimum atomic E-state index is -3.76. The predicted octanol–water partition coefficient (Wildman–Crippen LogP) is 2.00. The third-order valence-corrected chi connectivity index (χ3v) is 4.76. The molecule has 2 aromatic heterocycles. The summed E-state index contributed by atoms with van der Waals surface area (Å²) < 4.78 is 29.9. The van der Waals surface area contributed by atoms with Gasteiger partial charge in [-0.3, -0.25) is 4.68 Å². The summed E-state index contributed by atoms with van der Waals surface area (Å²) in [6.45, 7) is 2.89. The second-order valence-corrected chi connectivity index (χ2v) is 7.15. The molecule has 0 atom stereocenters. The molecule has 24 heavy (non-hydrogen) atoms. The van der Waals surface area contributed by atoms with Crippen LogP contribution in [0.4, 0.5) is 5.95 Å². The molecule has 0 fully saturated rings. The fourth-order valence-corrected chi connectivity index (χ4v) is 3.19. The average molecular weight is 367 g/mol. The lowest BCUT2D eigenvalue weighted by molar-refractivity contribution is 0.600. The van der Waals surface area contributed by atoms with E-state index in [0.717, 1.165) is 5.56 Å². The fourth-order valence-electron chi connectivity index (χ4n) is 2.08. The topological polar surface area (TPSA) is 94.7 Å². The summed E-state index contributed by atoms with van der Waals surface area (Å²) in [5.74, 6) is 0.00118. The van der Waals surface area contributed by atoms with Gasteiger partial charge in [-0.25, -0.2) is 17.8 Å². The van der Waals surface area contributed by atoms with Gasteiger partial charge < -0.3 is 0 Å². The zero-order valence-electron chi connectivity index (χ0n) is 12.8. The normalized spacial score (nSPS) is 11.6. The van der Waals surface area contributed by atoms with Crippen molar-refractivity contribution in [2.24, 2.45) is 0 Å². The summed E-state index contributed by atoms with van der Waals surface area (Å²) in [7, 11) is -3.76. The van der Waals surface area contributed by atoms with Crippen molar-refractivity contribution >= 4 is 27.6 Å². The van der Waals surface area contributed by atoms with E-state index in [-0.39, 0.29) is 10.8 Å². The summed E-state index contributed by atoms with van der Waals surface area (Å²) in [5.41, 5.74) is 0.936. The van der Waals surface area contributed by atoms with E-state index < -0.39 is 10.0 Å². The molecule has 10 heteroatoms. The first kappa shape index (κ1) is 16.5. The van der Waals surface area contributed by atoms with Crippen LogP contribution in [0.5, 0.6) is 0 Å². The number of aryl methyl sites for hydroxylation is 1. The molecule has 126 valence electrons. The zero-order valence-corrected chi connectivity index (χ0v) is 14.4. The SMILES string of the molecule is CCn1cc(S(=O)(=O)Nc2ncn(Cc3cccc(Cl)c3)n2)cn1. The second kappa shape index (κ2) is 6.62. The Labute approximate surface area is 144 Å². The number of aromatic nitrogens is 5. The first-order chi connectivity index (χ1) is 11.5. The van der Waals surface area contributed by atoms with E-state index in [1.54, 1.807) is 6.07 Å². The summed E-state index contributed by atoms with van der Waals surface area (Å²) in [6, 6.07) is 7.33. The van der Waals surface area contributed by atoms with Gasteiger partial charge >= 0.3 is 0 Å². The lowest BCUT2D eigenvalue weighted by atomic mass is 10.2. The van der Waals surface area contributed by atoms with Crippen LogP contribution in [0.3, 0.4) is 0 Å². The molecule has 0 saturated heterocycles. The van der Waals surface area contributed by atoms with Crippen molar-refractivity contribution in [1.29, 1.82) is 0 Å². The third-order valence-electron chi connectivity index (χ3n) is 3.24. The Balaban J connectivity index is 1.73. The maximum absolute atomic E-state index is 12.3. The molecule has 0 amide bonds. The zero-order chi connectivity index (χ0) is 17.2. The first-order valence-corrected chi connectivity index (χ1v) is 9.01. The van der Waals surface area contributed by atoms with Crippen LogP contribution in [-0.4, -0.2) is 33.0 Å². The molecule has 0 radical (unpaired) electrons. The maximum atomic E-state index is 12.3. The van der Waals surface area contributed by atoms with Gasteiger partial charge in [0, 0.05) is 17.8 Å². The standard InChI is InChI=1S/C14H15ClN6O2S/c1-2-20-9-13(7-17-20)24(22,23)19-14-16-10-21(18-14)8-11-4-3-5-12(15)6-11/h3-7,9-10H,2,8H2,1H3,(H,18,19). The Kier molecular flexibility index (Phi) is 4.54. The molecule has 0 bridgehead atoms. The van der Waals surface area contributed by atoms with Gasteiger partial charge in [0.15, 0.2) is 0 Å². The Bertz CT molecular complexity index is 950. The smallest absolute Gasteiger partial charge is 0.267 e. The molecule has 0 spiro atoms. The van der Waals surface area contributed by atoms with Crippen LogP contribution in [0.1, 0.15) is 12.5 Å². The molecule has 3 rings (SSSR count). The average Bonchev–Trinajstić information content (AvgIpc) is 3.16. The molecule has 3 aromatic rings. The Morgan fingerprint density at radius 3 is 2.83 bits per heavy atom. The van der Waals surface area contributed by atoms with Gasteiger partial charge in [-0.1, -0.05) is 23.7 Å². The molecule has 1 N–H and O–H groups in total. The van der Waals surface area contributed by atoms with Crippen LogP contribution in [0.25, 0.3) is 0 Å². The third kappa shape index (κ3) is 3.74. The Morgan fingerprint density at radius 1 is 1.29 bits per heavy atom. The van der Waals surface area contributed by atoms with Crippen molar-refractivity contribution in [3.8, 4) is 0 Å². The fraction of sp³-hybridized carbons (Fsp3) is 0.214. The summed E-state index contributed by atoms with van der Waals surface area (Å²) in [6.07, 6.45) is 4.19. The van der Waals surface area contributed by atoms with Crippen molar-refractivity contribution in [2.75, 3.05) is 4.72 Å². The minimum Gasteiger partial charge on any atom is -0.272 e. The van der Waals surface area contributed by atoms with E-state index in [9.17, 15) is 8.42 Å². The predicted molar refractivity (Wildman–Crippen MR) is 89.3 cm³/mol. The minimum absolute atomic E-state index is 0.00118. The molecular weight excluding hydrogens is 352 g/mol. The van der Waals surface area contributed by atoms with Crippen molar-refractivity contribution < 1.29 is 8.42 Å². The maximum Gasteiger partial charge on any atom is 0.267 e. The number of benzene rings is 1. The molecular formula is C14H15ClN6O2S. The second-order valence-electron chi connectivity index (χ2n) is 5.03. The van der Waals surface area contributed by atoms with Gasteiger partial charge in [0.2, 0.25) is 0 Å². The van der Waals surface area contributed by atoms with Gasteiger partial charge in [-0.15, -0.1) is 5.10 Å². The molecule has 0 aliphatic heterocycles. The van der Waals surface area contributed by atoms with Gasteiger partial charge in [0.05, 0.1) is 12.7 Å². The number of rotatable bonds is 6. The molecule has 0 aliphatic carbocycles. The highest BCUT2D eigenvalue weighted by Gasteiger charge is 2.18. The Morgan fingerprint density at radius 2 is 2.12 bits per heavy atom. The molecule has 8 nitrogen and oxygen atoms in total. The first-order valence-electron chi connectivity index (χ1n) is 7.15. The van der Waals surface area contributed by atoms with Crippen molar-refractivity contribution in [1.82, 2.24) is 24.5 Å². The molecule has 0 saturated carbocycles. The van der Waals surface area contributed by atoms with Crippen molar-refractivity contribution in [3.05, 3.63) is 53.6 Å². The van der Waals surface area contributed by atoms with Gasteiger partial charge in [0.25, 0.3) is 16.0 Å². The van der Waals surface area contributed by atoms with E-state index in [2.05, 4.69) is 19.9 Å². The van der Waals surface area contributed by atoms with E-state index >= 15 is 0 Å². The van der Waals surface area contributed by atoms with E-state index in [0.29, 0.717) is 18.1 Å². The van der Waals surface area contributed by atoms with Crippen molar-refractivity contribution in [2.45, 2.75) is 24.9 Å². The van der Waals surface area contributed by atoms with Gasteiger partial charge in [-0.2, -0.15) is 10.1 Å². The number of hydrogen-bond donors (Lipinski definition) is 1. The largest absolute Gasteiger partial charge is 0.272 e. The van der Waals surface area contributed by atoms with Crippen molar-refractivity contribution in [3.63, 3.8) is 0 Å². The quantitative estimate of drug-likeness (QED) is 0.720. The van der Waals surface area contributed by atoms with Crippen LogP contribution in [0.15, 0.2) is 47.9 Å². The van der Waals surface area contributed by atoms with E-state index in [1.165, 1.54) is 28.1 Å². The lowest BCUT2D eigenvalue weighted by Gasteiger charge is -2.02. The van der Waals surface area contributed by atoms with E-state index in [1.807, 2.05) is 25.1 Å². The number of sulfonamides is 1. The number of nitrogens with one attached hydrogen (secondary N) is 1. The highest BCUT2D eigenvalue weighted by atomic mass is 35.5. The number of anilines is 1. The van der Waals surface area contributed by atoms with Gasteiger partial charge in [-0.05, 0) is 24.6 Å². The van der Waals surface area contributed by atoms with Gasteiger partial charge in [0.1, 0.15) is 11.2 Å². The molecule has 0 unspecified atom stereocenters. The monoisotopic (exact) mass is 366 g/mol. The molecule has 0 aliphatic rings. The van der Waals surface area contributed by atoms with Crippen LogP contribution in [0, 0.1) is 0 Å². The number of halogens is 1. The van der Waals surface area contributed by atoms with Crippen LogP contribution >= 0.6 is 11.6 Å². The highest BCUT2D eigenvalue weighted by molar-refractivity contribution is 7.92.